The minimum absolute atomic E-state index is 0.192. The zero-order chi connectivity index (χ0) is 24.4. The Morgan fingerprint density at radius 1 is 0.971 bits per heavy atom. The summed E-state index contributed by atoms with van der Waals surface area (Å²) in [4.78, 5) is 21.3. The highest BCUT2D eigenvalue weighted by atomic mass is 16.5. The van der Waals surface area contributed by atoms with Crippen LogP contribution in [0.15, 0.2) is 42.6 Å². The zero-order valence-corrected chi connectivity index (χ0v) is 20.6. The average molecular weight is 470 g/mol. The predicted octanol–water partition coefficient (Wildman–Crippen LogP) is 3.58. The number of nitriles is 1. The van der Waals surface area contributed by atoms with E-state index in [0.717, 1.165) is 61.6 Å². The van der Waals surface area contributed by atoms with E-state index in [1.807, 2.05) is 12.1 Å². The number of morpholine rings is 1. The van der Waals surface area contributed by atoms with Gasteiger partial charge in [0, 0.05) is 56.6 Å². The van der Waals surface area contributed by atoms with Crippen LogP contribution < -0.4 is 14.7 Å². The monoisotopic (exact) mass is 469 g/mol. The van der Waals surface area contributed by atoms with Gasteiger partial charge < -0.3 is 19.4 Å². The van der Waals surface area contributed by atoms with E-state index in [1.165, 1.54) is 11.1 Å². The van der Waals surface area contributed by atoms with Gasteiger partial charge in [-0.2, -0.15) is 10.2 Å². The Morgan fingerprint density at radius 3 is 2.54 bits per heavy atom. The Morgan fingerprint density at radius 2 is 1.80 bits per heavy atom. The molecule has 2 aromatic heterocycles. The maximum Gasteiger partial charge on any atom is 0.228 e. The first-order valence-electron chi connectivity index (χ1n) is 12.2. The van der Waals surface area contributed by atoms with Crippen molar-refractivity contribution in [1.29, 1.82) is 5.26 Å². The second-order valence-corrected chi connectivity index (χ2v) is 9.28. The third kappa shape index (κ3) is 4.77. The van der Waals surface area contributed by atoms with Gasteiger partial charge in [0.05, 0.1) is 24.5 Å². The van der Waals surface area contributed by atoms with Gasteiger partial charge in [0.1, 0.15) is 17.7 Å². The van der Waals surface area contributed by atoms with Crippen molar-refractivity contribution in [3.63, 3.8) is 0 Å². The summed E-state index contributed by atoms with van der Waals surface area (Å²) in [6, 6.07) is 14.7. The maximum atomic E-state index is 9.52. The molecule has 0 bridgehead atoms. The van der Waals surface area contributed by atoms with Crippen LogP contribution in [0.1, 0.15) is 23.6 Å². The molecule has 4 heterocycles. The molecule has 1 aromatic carbocycles. The van der Waals surface area contributed by atoms with Crippen LogP contribution in [-0.2, 0) is 4.74 Å². The number of piperazine rings is 1. The van der Waals surface area contributed by atoms with Crippen LogP contribution in [0.5, 0.6) is 0 Å². The average Bonchev–Trinajstić information content (AvgIpc) is 2.90. The minimum Gasteiger partial charge on any atom is -0.378 e. The first-order valence-corrected chi connectivity index (χ1v) is 12.2. The highest BCUT2D eigenvalue weighted by Gasteiger charge is 2.28. The first kappa shape index (κ1) is 23.1. The highest BCUT2D eigenvalue weighted by Crippen LogP contribution is 2.30. The van der Waals surface area contributed by atoms with Crippen LogP contribution in [-0.4, -0.2) is 66.9 Å². The molecular weight excluding hydrogens is 438 g/mol. The summed E-state index contributed by atoms with van der Waals surface area (Å²) in [5.41, 5.74) is 5.17. The highest BCUT2D eigenvalue weighted by molar-refractivity contribution is 5.67. The van der Waals surface area contributed by atoms with Gasteiger partial charge in [0.15, 0.2) is 0 Å². The summed E-state index contributed by atoms with van der Waals surface area (Å²) in [5.74, 6) is 2.45. The Bertz CT molecular complexity index is 1250. The molecule has 0 spiro atoms. The Kier molecular flexibility index (Phi) is 6.51. The summed E-state index contributed by atoms with van der Waals surface area (Å²) in [6.45, 7) is 11.7. The van der Waals surface area contributed by atoms with E-state index < -0.39 is 0 Å². The first-order chi connectivity index (χ1) is 17.0. The smallest absolute Gasteiger partial charge is 0.228 e. The fourth-order valence-corrected chi connectivity index (χ4v) is 4.75. The third-order valence-electron chi connectivity index (χ3n) is 6.93. The zero-order valence-electron chi connectivity index (χ0n) is 20.6. The fraction of sp³-hybridized carbons (Fsp3) is 0.407. The molecule has 1 unspecified atom stereocenters. The van der Waals surface area contributed by atoms with Gasteiger partial charge in [-0.15, -0.1) is 0 Å². The fourth-order valence-electron chi connectivity index (χ4n) is 4.75. The largest absolute Gasteiger partial charge is 0.378 e. The summed E-state index contributed by atoms with van der Waals surface area (Å²) in [5, 5.41) is 9.52. The van der Waals surface area contributed by atoms with E-state index in [-0.39, 0.29) is 6.04 Å². The van der Waals surface area contributed by atoms with E-state index in [4.69, 9.17) is 14.7 Å². The van der Waals surface area contributed by atoms with Crippen LogP contribution in [0.4, 0.5) is 17.6 Å². The molecule has 5 rings (SSSR count). The van der Waals surface area contributed by atoms with Crippen LogP contribution in [0, 0.1) is 25.2 Å². The molecule has 0 saturated carbocycles. The molecule has 1 atom stereocenters. The number of nitrogens with zero attached hydrogens (tertiary/aromatic N) is 7. The van der Waals surface area contributed by atoms with E-state index in [1.54, 1.807) is 6.20 Å². The lowest BCUT2D eigenvalue weighted by Crippen LogP contribution is -2.53. The summed E-state index contributed by atoms with van der Waals surface area (Å²) in [6.07, 6.45) is 1.75. The molecule has 0 N–H and O–H groups in total. The molecule has 0 radical (unpaired) electrons. The quantitative estimate of drug-likeness (QED) is 0.574. The number of rotatable bonds is 4. The second-order valence-electron chi connectivity index (χ2n) is 9.28. The van der Waals surface area contributed by atoms with E-state index in [0.29, 0.717) is 18.8 Å². The lowest BCUT2D eigenvalue weighted by molar-refractivity contribution is 0.122. The number of pyridine rings is 1. The Labute approximate surface area is 206 Å². The standard InChI is InChI=1S/C27H31N7O/c1-19-6-7-22(15-20(19)2)24-16-25(31-27(30-24)32-11-13-35-14-12-32)34-10-9-33(18-21(34)3)26-23(17-28)5-4-8-29-26/h4-8,15-16,21H,9-14,18H2,1-3H3. The van der Waals surface area contributed by atoms with E-state index in [9.17, 15) is 5.26 Å². The number of benzene rings is 1. The molecule has 35 heavy (non-hydrogen) atoms. The van der Waals surface area contributed by atoms with Crippen molar-refractivity contribution in [3.05, 3.63) is 59.3 Å². The van der Waals surface area contributed by atoms with Gasteiger partial charge in [-0.25, -0.2) is 9.97 Å². The van der Waals surface area contributed by atoms with Crippen LogP contribution >= 0.6 is 0 Å². The van der Waals surface area contributed by atoms with Crippen molar-refractivity contribution in [1.82, 2.24) is 15.0 Å². The van der Waals surface area contributed by atoms with Crippen molar-refractivity contribution in [3.8, 4) is 17.3 Å². The van der Waals surface area contributed by atoms with Crippen LogP contribution in [0.25, 0.3) is 11.3 Å². The molecule has 2 aliphatic rings. The third-order valence-corrected chi connectivity index (χ3v) is 6.93. The minimum atomic E-state index is 0.192. The predicted molar refractivity (Wildman–Crippen MR) is 138 cm³/mol. The van der Waals surface area contributed by atoms with Crippen molar-refractivity contribution >= 4 is 17.6 Å². The lowest BCUT2D eigenvalue weighted by atomic mass is 10.0. The van der Waals surface area contributed by atoms with E-state index >= 15 is 0 Å². The molecule has 8 nitrogen and oxygen atoms in total. The van der Waals surface area contributed by atoms with Crippen molar-refractivity contribution in [2.45, 2.75) is 26.8 Å². The SMILES string of the molecule is Cc1ccc(-c2cc(N3CCN(c4ncccc4C#N)CC3C)nc(N3CCOCC3)n2)cc1C. The van der Waals surface area contributed by atoms with Crippen LogP contribution in [0.3, 0.4) is 0 Å². The molecular formula is C27H31N7O. The van der Waals surface area contributed by atoms with Crippen molar-refractivity contribution < 1.29 is 4.74 Å². The molecule has 2 fully saturated rings. The lowest BCUT2D eigenvalue weighted by Gasteiger charge is -2.41. The summed E-state index contributed by atoms with van der Waals surface area (Å²) < 4.78 is 5.56. The normalized spacial score (nSPS) is 18.5. The Balaban J connectivity index is 1.47. The summed E-state index contributed by atoms with van der Waals surface area (Å²) >= 11 is 0. The molecule has 2 aliphatic heterocycles. The number of aryl methyl sites for hydroxylation is 2. The molecule has 8 heteroatoms. The van der Waals surface area contributed by atoms with Gasteiger partial charge in [-0.05, 0) is 50.1 Å². The molecule has 180 valence electrons. The summed E-state index contributed by atoms with van der Waals surface area (Å²) in [7, 11) is 0. The van der Waals surface area contributed by atoms with Gasteiger partial charge in [0.2, 0.25) is 5.95 Å². The topological polar surface area (TPSA) is 81.4 Å². The van der Waals surface area contributed by atoms with Crippen molar-refractivity contribution in [2.75, 3.05) is 60.6 Å². The number of hydrogen-bond donors (Lipinski definition) is 0. The van der Waals surface area contributed by atoms with Crippen LogP contribution in [0.2, 0.25) is 0 Å². The molecule has 2 saturated heterocycles. The number of hydrogen-bond acceptors (Lipinski definition) is 8. The molecule has 0 aliphatic carbocycles. The number of anilines is 3. The molecule has 0 amide bonds. The maximum absolute atomic E-state index is 9.52. The van der Waals surface area contributed by atoms with Gasteiger partial charge >= 0.3 is 0 Å². The van der Waals surface area contributed by atoms with Gasteiger partial charge in [0.25, 0.3) is 0 Å². The van der Waals surface area contributed by atoms with Gasteiger partial charge in [-0.3, -0.25) is 0 Å². The Hall–Kier alpha value is -3.70. The van der Waals surface area contributed by atoms with E-state index in [2.05, 4.69) is 70.8 Å². The van der Waals surface area contributed by atoms with Gasteiger partial charge in [-0.1, -0.05) is 12.1 Å². The number of aromatic nitrogens is 3. The number of ether oxygens (including phenoxy) is 1. The molecule has 3 aromatic rings. The second kappa shape index (κ2) is 9.88. The van der Waals surface area contributed by atoms with Crippen molar-refractivity contribution in [2.24, 2.45) is 0 Å².